The smallest absolute Gasteiger partial charge is 0.182 e. The number of nitrogens with zero attached hydrogens (tertiary/aromatic N) is 2. The molecule has 1 atom stereocenters. The average Bonchev–Trinajstić information content (AvgIpc) is 2.90. The van der Waals surface area contributed by atoms with Crippen LogP contribution in [0.3, 0.4) is 0 Å². The van der Waals surface area contributed by atoms with E-state index in [9.17, 15) is 0 Å². The summed E-state index contributed by atoms with van der Waals surface area (Å²) in [7, 11) is 0. The lowest BCUT2D eigenvalue weighted by molar-refractivity contribution is 0.398. The van der Waals surface area contributed by atoms with Crippen LogP contribution in [0, 0.1) is 0 Å². The topological polar surface area (TPSA) is 53.6 Å². The van der Waals surface area contributed by atoms with Crippen molar-refractivity contribution < 1.29 is 0 Å². The Labute approximate surface area is 114 Å². The van der Waals surface area contributed by atoms with Gasteiger partial charge in [-0.2, -0.15) is 5.10 Å². The fourth-order valence-corrected chi connectivity index (χ4v) is 2.74. The Kier molecular flexibility index (Phi) is 3.43. The first-order chi connectivity index (χ1) is 8.84. The van der Waals surface area contributed by atoms with Crippen LogP contribution in [-0.2, 0) is 0 Å². The minimum Gasteiger partial charge on any atom is -0.307 e. The Balaban J connectivity index is 1.87. The minimum absolute atomic E-state index is 0.322. The molecule has 18 heavy (non-hydrogen) atoms. The molecule has 1 saturated heterocycles. The number of H-pyrrole nitrogens is 1. The van der Waals surface area contributed by atoms with Gasteiger partial charge < -0.3 is 5.32 Å². The molecule has 94 valence electrons. The van der Waals surface area contributed by atoms with Crippen LogP contribution in [0.1, 0.15) is 31.1 Å². The molecule has 0 aliphatic carbocycles. The molecule has 0 amide bonds. The summed E-state index contributed by atoms with van der Waals surface area (Å²) in [6.07, 6.45) is 3.63. The second kappa shape index (κ2) is 5.20. The van der Waals surface area contributed by atoms with E-state index in [2.05, 4.69) is 36.4 Å². The largest absolute Gasteiger partial charge is 0.307 e. The van der Waals surface area contributed by atoms with Gasteiger partial charge in [-0.1, -0.05) is 34.5 Å². The molecule has 1 aromatic carbocycles. The molecule has 2 aromatic rings. The van der Waals surface area contributed by atoms with E-state index in [4.69, 9.17) is 0 Å². The predicted molar refractivity (Wildman–Crippen MR) is 74.1 cm³/mol. The lowest BCUT2D eigenvalue weighted by atomic mass is 10.0. The second-order valence-electron chi connectivity index (χ2n) is 4.53. The van der Waals surface area contributed by atoms with Crippen LogP contribution >= 0.6 is 15.9 Å². The van der Waals surface area contributed by atoms with Crippen LogP contribution < -0.4 is 5.32 Å². The number of aromatic nitrogens is 3. The second-order valence-corrected chi connectivity index (χ2v) is 5.38. The number of aromatic amines is 1. The zero-order chi connectivity index (χ0) is 12.4. The summed E-state index contributed by atoms with van der Waals surface area (Å²) in [6, 6.07) is 8.33. The predicted octanol–water partition coefficient (Wildman–Crippen LogP) is 3.05. The molecule has 2 N–H and O–H groups in total. The highest BCUT2D eigenvalue weighted by Gasteiger charge is 2.19. The molecule has 0 spiro atoms. The van der Waals surface area contributed by atoms with E-state index in [1.165, 1.54) is 12.8 Å². The maximum atomic E-state index is 4.61. The lowest BCUT2D eigenvalue weighted by Crippen LogP contribution is -2.27. The maximum Gasteiger partial charge on any atom is 0.182 e. The van der Waals surface area contributed by atoms with Crippen molar-refractivity contribution in [3.05, 3.63) is 34.6 Å². The molecule has 0 radical (unpaired) electrons. The summed E-state index contributed by atoms with van der Waals surface area (Å²) in [6.45, 7) is 1.07. The van der Waals surface area contributed by atoms with Gasteiger partial charge in [0.15, 0.2) is 5.82 Å². The highest BCUT2D eigenvalue weighted by Crippen LogP contribution is 2.27. The third kappa shape index (κ3) is 2.33. The van der Waals surface area contributed by atoms with Crippen LogP contribution in [0.2, 0.25) is 0 Å². The van der Waals surface area contributed by atoms with Gasteiger partial charge >= 0.3 is 0 Å². The summed E-state index contributed by atoms with van der Waals surface area (Å²) in [5.41, 5.74) is 1.02. The van der Waals surface area contributed by atoms with Gasteiger partial charge in [-0.15, -0.1) is 0 Å². The van der Waals surface area contributed by atoms with Gasteiger partial charge in [0.2, 0.25) is 0 Å². The Morgan fingerprint density at radius 1 is 1.22 bits per heavy atom. The van der Waals surface area contributed by atoms with Crippen LogP contribution in [0.4, 0.5) is 0 Å². The maximum absolute atomic E-state index is 4.61. The number of hydrogen-bond acceptors (Lipinski definition) is 3. The Morgan fingerprint density at radius 3 is 2.89 bits per heavy atom. The van der Waals surface area contributed by atoms with Gasteiger partial charge in [0.25, 0.3) is 0 Å². The van der Waals surface area contributed by atoms with Gasteiger partial charge in [0, 0.05) is 10.0 Å². The van der Waals surface area contributed by atoms with Crippen molar-refractivity contribution in [3.63, 3.8) is 0 Å². The van der Waals surface area contributed by atoms with Crippen LogP contribution in [-0.4, -0.2) is 21.7 Å². The number of hydrogen-bond donors (Lipinski definition) is 2. The summed E-state index contributed by atoms with van der Waals surface area (Å²) >= 11 is 3.53. The minimum atomic E-state index is 0.322. The van der Waals surface area contributed by atoms with Gasteiger partial charge in [0.1, 0.15) is 5.82 Å². The zero-order valence-electron chi connectivity index (χ0n) is 9.99. The Morgan fingerprint density at radius 2 is 2.11 bits per heavy atom. The molecular formula is C13H15BrN4. The van der Waals surface area contributed by atoms with Gasteiger partial charge in [-0.25, -0.2) is 4.98 Å². The van der Waals surface area contributed by atoms with Crippen LogP contribution in [0.25, 0.3) is 11.4 Å². The van der Waals surface area contributed by atoms with Gasteiger partial charge in [-0.3, -0.25) is 5.10 Å². The monoisotopic (exact) mass is 306 g/mol. The Hall–Kier alpha value is -1.20. The first-order valence-corrected chi connectivity index (χ1v) is 7.04. The van der Waals surface area contributed by atoms with E-state index in [1.807, 2.05) is 24.3 Å². The number of rotatable bonds is 2. The Bertz CT molecular complexity index is 531. The van der Waals surface area contributed by atoms with Crippen molar-refractivity contribution in [3.8, 4) is 11.4 Å². The quantitative estimate of drug-likeness (QED) is 0.896. The molecule has 0 saturated carbocycles. The standard InChI is InChI=1S/C13H15BrN4/c14-10-6-2-1-5-9(10)12-16-13(18-17-12)11-7-3-4-8-15-11/h1-2,5-6,11,15H,3-4,7-8H2,(H,16,17,18). The fourth-order valence-electron chi connectivity index (χ4n) is 2.28. The summed E-state index contributed by atoms with van der Waals surface area (Å²) in [4.78, 5) is 4.61. The van der Waals surface area contributed by atoms with Crippen LogP contribution in [0.15, 0.2) is 28.7 Å². The van der Waals surface area contributed by atoms with E-state index in [-0.39, 0.29) is 0 Å². The number of nitrogens with one attached hydrogen (secondary N) is 2. The molecule has 1 aliphatic heterocycles. The molecule has 4 nitrogen and oxygen atoms in total. The molecule has 1 aliphatic rings. The van der Waals surface area contributed by atoms with Gasteiger partial charge in [0.05, 0.1) is 6.04 Å². The fraction of sp³-hybridized carbons (Fsp3) is 0.385. The first kappa shape index (κ1) is 11.9. The van der Waals surface area contributed by atoms with E-state index < -0.39 is 0 Å². The molecule has 1 fully saturated rings. The third-order valence-electron chi connectivity index (χ3n) is 3.26. The highest BCUT2D eigenvalue weighted by molar-refractivity contribution is 9.10. The summed E-state index contributed by atoms with van der Waals surface area (Å²) in [5.74, 6) is 1.70. The van der Waals surface area contributed by atoms with E-state index in [0.717, 1.165) is 34.7 Å². The van der Waals surface area contributed by atoms with E-state index in [0.29, 0.717) is 6.04 Å². The SMILES string of the molecule is Brc1ccccc1-c1n[nH]c(C2CCCCN2)n1. The first-order valence-electron chi connectivity index (χ1n) is 6.25. The molecule has 5 heteroatoms. The van der Waals surface area contributed by atoms with Crippen LogP contribution in [0.5, 0.6) is 0 Å². The van der Waals surface area contributed by atoms with Crippen molar-refractivity contribution in [2.75, 3.05) is 6.54 Å². The van der Waals surface area contributed by atoms with Crippen molar-refractivity contribution in [2.45, 2.75) is 25.3 Å². The van der Waals surface area contributed by atoms with Crippen molar-refractivity contribution in [2.24, 2.45) is 0 Å². The number of halogens is 1. The summed E-state index contributed by atoms with van der Waals surface area (Å²) < 4.78 is 1.02. The third-order valence-corrected chi connectivity index (χ3v) is 3.95. The molecule has 1 unspecified atom stereocenters. The van der Waals surface area contributed by atoms with Gasteiger partial charge in [-0.05, 0) is 31.5 Å². The molecule has 0 bridgehead atoms. The summed E-state index contributed by atoms with van der Waals surface area (Å²) in [5, 5.41) is 10.8. The normalized spacial score (nSPS) is 19.9. The lowest BCUT2D eigenvalue weighted by Gasteiger charge is -2.20. The highest BCUT2D eigenvalue weighted by atomic mass is 79.9. The van der Waals surface area contributed by atoms with E-state index >= 15 is 0 Å². The molecule has 3 rings (SSSR count). The molecule has 1 aromatic heterocycles. The van der Waals surface area contributed by atoms with E-state index in [1.54, 1.807) is 0 Å². The van der Waals surface area contributed by atoms with Crippen molar-refractivity contribution in [1.29, 1.82) is 0 Å². The number of benzene rings is 1. The zero-order valence-corrected chi connectivity index (χ0v) is 11.6. The van der Waals surface area contributed by atoms with Crippen molar-refractivity contribution >= 4 is 15.9 Å². The number of piperidine rings is 1. The van der Waals surface area contributed by atoms with Crippen molar-refractivity contribution in [1.82, 2.24) is 20.5 Å². The molecular weight excluding hydrogens is 292 g/mol. The molecule has 2 heterocycles. The average molecular weight is 307 g/mol.